The molecule has 0 heterocycles. The summed E-state index contributed by atoms with van der Waals surface area (Å²) in [5.41, 5.74) is 1.61. The summed E-state index contributed by atoms with van der Waals surface area (Å²) in [6, 6.07) is 11.8. The number of anilines is 1. The first-order valence-corrected chi connectivity index (χ1v) is 8.61. The van der Waals surface area contributed by atoms with Gasteiger partial charge in [0.05, 0.1) is 12.0 Å². The van der Waals surface area contributed by atoms with Crippen LogP contribution in [0.4, 0.5) is 5.69 Å². The second-order valence-electron chi connectivity index (χ2n) is 5.09. The van der Waals surface area contributed by atoms with E-state index in [1.807, 2.05) is 18.2 Å². The van der Waals surface area contributed by atoms with Gasteiger partial charge in [0, 0.05) is 17.3 Å². The lowest BCUT2D eigenvalue weighted by molar-refractivity contribution is -0.111. The molecule has 0 saturated carbocycles. The van der Waals surface area contributed by atoms with Crippen LogP contribution in [-0.4, -0.2) is 21.4 Å². The molecule has 0 atom stereocenters. The van der Waals surface area contributed by atoms with Gasteiger partial charge < -0.3 is 10.1 Å². The Hall–Kier alpha value is -2.64. The summed E-state index contributed by atoms with van der Waals surface area (Å²) >= 11 is 0. The molecule has 6 nitrogen and oxygen atoms in total. The Balaban J connectivity index is 2.17. The van der Waals surface area contributed by atoms with Gasteiger partial charge in [-0.2, -0.15) is 0 Å². The third-order valence-corrected chi connectivity index (χ3v) is 4.37. The molecule has 7 heteroatoms. The maximum atomic E-state index is 12.0. The minimum Gasteiger partial charge on any atom is -0.496 e. The van der Waals surface area contributed by atoms with Crippen LogP contribution >= 0.6 is 0 Å². The number of hydrogen-bond acceptors (Lipinski definition) is 4. The fourth-order valence-corrected chi connectivity index (χ4v) is 2.95. The molecule has 0 unspecified atom stereocenters. The van der Waals surface area contributed by atoms with Crippen LogP contribution in [-0.2, 0) is 14.8 Å². The molecule has 3 N–H and O–H groups in total. The van der Waals surface area contributed by atoms with Crippen LogP contribution in [0.15, 0.2) is 53.4 Å². The first-order chi connectivity index (χ1) is 11.3. The minimum atomic E-state index is -3.84. The van der Waals surface area contributed by atoms with E-state index in [2.05, 4.69) is 5.32 Å². The van der Waals surface area contributed by atoms with E-state index in [0.717, 1.165) is 5.56 Å². The van der Waals surface area contributed by atoms with Gasteiger partial charge >= 0.3 is 0 Å². The number of carbonyl (C=O) groups is 1. The third-order valence-electron chi connectivity index (χ3n) is 3.32. The van der Waals surface area contributed by atoms with E-state index in [-0.39, 0.29) is 4.90 Å². The lowest BCUT2D eigenvalue weighted by atomic mass is 10.2. The zero-order valence-electron chi connectivity index (χ0n) is 13.3. The zero-order valence-corrected chi connectivity index (χ0v) is 14.1. The van der Waals surface area contributed by atoms with Crippen molar-refractivity contribution in [2.45, 2.75) is 11.8 Å². The number of carbonyl (C=O) groups excluding carboxylic acids is 1. The second-order valence-corrected chi connectivity index (χ2v) is 6.62. The topological polar surface area (TPSA) is 98.5 Å². The lowest BCUT2D eigenvalue weighted by Gasteiger charge is -2.07. The van der Waals surface area contributed by atoms with Gasteiger partial charge in [0.2, 0.25) is 15.9 Å². The highest BCUT2D eigenvalue weighted by Crippen LogP contribution is 2.20. The van der Waals surface area contributed by atoms with E-state index >= 15 is 0 Å². The summed E-state index contributed by atoms with van der Waals surface area (Å²) in [6.45, 7) is 1.63. The predicted molar refractivity (Wildman–Crippen MR) is 93.2 cm³/mol. The Labute approximate surface area is 141 Å². The molecule has 0 saturated heterocycles. The highest BCUT2D eigenvalue weighted by molar-refractivity contribution is 7.89. The Kier molecular flexibility index (Phi) is 5.38. The van der Waals surface area contributed by atoms with Crippen molar-refractivity contribution in [3.8, 4) is 5.75 Å². The number of ether oxygens (including phenoxy) is 1. The zero-order chi connectivity index (χ0) is 17.7. The van der Waals surface area contributed by atoms with Gasteiger partial charge in [-0.15, -0.1) is 0 Å². The molecule has 0 aromatic heterocycles. The Morgan fingerprint density at radius 1 is 1.21 bits per heavy atom. The molecular formula is C17H18N2O4S. The van der Waals surface area contributed by atoms with Crippen LogP contribution < -0.4 is 15.2 Å². The van der Waals surface area contributed by atoms with Crippen molar-refractivity contribution in [2.24, 2.45) is 5.14 Å². The van der Waals surface area contributed by atoms with E-state index in [1.54, 1.807) is 38.3 Å². The first-order valence-electron chi connectivity index (χ1n) is 7.07. The molecule has 2 rings (SSSR count). The lowest BCUT2D eigenvalue weighted by Crippen LogP contribution is -2.15. The molecule has 126 valence electrons. The molecule has 0 aliphatic carbocycles. The van der Waals surface area contributed by atoms with Crippen molar-refractivity contribution in [1.29, 1.82) is 0 Å². The predicted octanol–water partition coefficient (Wildman–Crippen LogP) is 2.30. The summed E-state index contributed by atoms with van der Waals surface area (Å²) < 4.78 is 28.2. The molecule has 0 radical (unpaired) electrons. The number of methoxy groups -OCH3 is 1. The SMILES string of the molecule is COc1ccccc1/C=C/C(=O)Nc1ccc(C)c(S(N)(=O)=O)c1. The molecular weight excluding hydrogens is 328 g/mol. The second kappa shape index (κ2) is 7.29. The summed E-state index contributed by atoms with van der Waals surface area (Å²) in [5.74, 6) is 0.249. The molecule has 0 aliphatic rings. The highest BCUT2D eigenvalue weighted by atomic mass is 32.2. The van der Waals surface area contributed by atoms with Gasteiger partial charge in [0.1, 0.15) is 5.75 Å². The summed E-state index contributed by atoms with van der Waals surface area (Å²) in [6.07, 6.45) is 2.96. The molecule has 0 fully saturated rings. The number of hydrogen-bond donors (Lipinski definition) is 2. The Bertz CT molecular complexity index is 889. The maximum absolute atomic E-state index is 12.0. The van der Waals surface area contributed by atoms with Crippen LogP contribution in [0.1, 0.15) is 11.1 Å². The Morgan fingerprint density at radius 3 is 2.58 bits per heavy atom. The van der Waals surface area contributed by atoms with Crippen LogP contribution in [0.25, 0.3) is 6.08 Å². The van der Waals surface area contributed by atoms with Crippen LogP contribution in [0.5, 0.6) is 5.75 Å². The molecule has 0 spiro atoms. The largest absolute Gasteiger partial charge is 0.496 e. The fraction of sp³-hybridized carbons (Fsp3) is 0.118. The number of sulfonamides is 1. The van der Waals surface area contributed by atoms with E-state index in [1.165, 1.54) is 12.1 Å². The number of benzene rings is 2. The number of primary sulfonamides is 1. The number of rotatable bonds is 5. The molecule has 1 amide bonds. The number of para-hydroxylation sites is 1. The average molecular weight is 346 g/mol. The van der Waals surface area contributed by atoms with Crippen LogP contribution in [0.3, 0.4) is 0 Å². The third kappa shape index (κ3) is 4.43. The summed E-state index contributed by atoms with van der Waals surface area (Å²) in [7, 11) is -2.29. The van der Waals surface area contributed by atoms with Gasteiger partial charge in [-0.1, -0.05) is 24.3 Å². The molecule has 0 bridgehead atoms. The first kappa shape index (κ1) is 17.7. The van der Waals surface area contributed by atoms with Crippen molar-refractivity contribution in [1.82, 2.24) is 0 Å². The monoisotopic (exact) mass is 346 g/mol. The van der Waals surface area contributed by atoms with Gasteiger partial charge in [0.15, 0.2) is 0 Å². The summed E-state index contributed by atoms with van der Waals surface area (Å²) in [5, 5.41) is 7.76. The van der Waals surface area contributed by atoms with Gasteiger partial charge in [-0.25, -0.2) is 13.6 Å². The maximum Gasteiger partial charge on any atom is 0.248 e. The fourth-order valence-electron chi connectivity index (χ4n) is 2.14. The van der Waals surface area contributed by atoms with E-state index in [4.69, 9.17) is 9.88 Å². The van der Waals surface area contributed by atoms with Gasteiger partial charge in [0.25, 0.3) is 0 Å². The van der Waals surface area contributed by atoms with Crippen molar-refractivity contribution in [3.05, 3.63) is 59.7 Å². The van der Waals surface area contributed by atoms with Crippen molar-refractivity contribution in [3.63, 3.8) is 0 Å². The van der Waals surface area contributed by atoms with Crippen molar-refractivity contribution < 1.29 is 17.9 Å². The number of nitrogens with two attached hydrogens (primary N) is 1. The molecule has 0 aliphatic heterocycles. The number of amides is 1. The van der Waals surface area contributed by atoms with E-state index in [0.29, 0.717) is 17.0 Å². The minimum absolute atomic E-state index is 0.0194. The van der Waals surface area contributed by atoms with Gasteiger partial charge in [-0.05, 0) is 36.8 Å². The standard InChI is InChI=1S/C17H18N2O4S/c1-12-7-9-14(11-16(12)24(18,21)22)19-17(20)10-8-13-5-3-4-6-15(13)23-2/h3-11H,1-2H3,(H,19,20)(H2,18,21,22)/b10-8+. The highest BCUT2D eigenvalue weighted by Gasteiger charge is 2.12. The number of aryl methyl sites for hydroxylation is 1. The van der Waals surface area contributed by atoms with Crippen molar-refractivity contribution in [2.75, 3.05) is 12.4 Å². The normalized spacial score (nSPS) is 11.5. The molecule has 2 aromatic carbocycles. The number of nitrogens with one attached hydrogen (secondary N) is 1. The average Bonchev–Trinajstić information content (AvgIpc) is 2.54. The van der Waals surface area contributed by atoms with Crippen LogP contribution in [0, 0.1) is 6.92 Å². The summed E-state index contributed by atoms with van der Waals surface area (Å²) in [4.78, 5) is 12.0. The van der Waals surface area contributed by atoms with Crippen molar-refractivity contribution >= 4 is 27.7 Å². The smallest absolute Gasteiger partial charge is 0.248 e. The molecule has 2 aromatic rings. The van der Waals surface area contributed by atoms with E-state index < -0.39 is 15.9 Å². The van der Waals surface area contributed by atoms with Gasteiger partial charge in [-0.3, -0.25) is 4.79 Å². The van der Waals surface area contributed by atoms with E-state index in [9.17, 15) is 13.2 Å². The van der Waals surface area contributed by atoms with Crippen LogP contribution in [0.2, 0.25) is 0 Å². The Morgan fingerprint density at radius 2 is 1.92 bits per heavy atom. The molecule has 24 heavy (non-hydrogen) atoms. The quantitative estimate of drug-likeness (QED) is 0.812.